The number of unbranched alkanes of at least 4 members (excludes halogenated alkanes) is 3. The van der Waals surface area contributed by atoms with E-state index >= 15 is 0 Å². The number of alkyl halides is 3. The molecule has 0 rings (SSSR count). The van der Waals surface area contributed by atoms with Gasteiger partial charge in [-0.15, -0.1) is 0 Å². The molecule has 0 aromatic rings. The summed E-state index contributed by atoms with van der Waals surface area (Å²) < 4.78 is 35.7. The zero-order valence-electron chi connectivity index (χ0n) is 9.24. The summed E-state index contributed by atoms with van der Waals surface area (Å²) in [6.07, 6.45) is 0.866. The van der Waals surface area contributed by atoms with Crippen LogP contribution in [0.1, 0.15) is 39.0 Å². The summed E-state index contributed by atoms with van der Waals surface area (Å²) >= 11 is 0. The van der Waals surface area contributed by atoms with Crippen LogP contribution in [0.15, 0.2) is 0 Å². The van der Waals surface area contributed by atoms with Gasteiger partial charge in [0.05, 0.1) is 6.54 Å². The van der Waals surface area contributed by atoms with E-state index in [1.54, 1.807) is 0 Å². The van der Waals surface area contributed by atoms with Gasteiger partial charge in [0.2, 0.25) is 0 Å². The Bertz CT molecular complexity index is 148. The molecule has 2 nitrogen and oxygen atoms in total. The number of hydrogen-bond donors (Lipinski definition) is 2. The van der Waals surface area contributed by atoms with Crippen LogP contribution in [0.4, 0.5) is 13.2 Å². The summed E-state index contributed by atoms with van der Waals surface area (Å²) in [7, 11) is 0. The van der Waals surface area contributed by atoms with E-state index in [1.165, 1.54) is 0 Å². The molecule has 0 aliphatic rings. The molecular formula is C10H21F3N2. The van der Waals surface area contributed by atoms with Crippen LogP contribution >= 0.6 is 0 Å². The summed E-state index contributed by atoms with van der Waals surface area (Å²) in [4.78, 5) is 0. The minimum absolute atomic E-state index is 0.205. The fraction of sp³-hybridized carbons (Fsp3) is 1.00. The van der Waals surface area contributed by atoms with Gasteiger partial charge in [-0.3, -0.25) is 0 Å². The van der Waals surface area contributed by atoms with Crippen LogP contribution in [0.2, 0.25) is 0 Å². The van der Waals surface area contributed by atoms with Crippen molar-refractivity contribution in [1.82, 2.24) is 5.32 Å². The van der Waals surface area contributed by atoms with E-state index in [4.69, 9.17) is 5.73 Å². The molecular weight excluding hydrogens is 205 g/mol. The van der Waals surface area contributed by atoms with Crippen molar-refractivity contribution in [3.05, 3.63) is 0 Å². The highest BCUT2D eigenvalue weighted by Gasteiger charge is 2.27. The molecule has 0 bridgehead atoms. The van der Waals surface area contributed by atoms with Gasteiger partial charge in [-0.2, -0.15) is 13.2 Å². The van der Waals surface area contributed by atoms with Gasteiger partial charge < -0.3 is 11.1 Å². The molecule has 0 heterocycles. The zero-order valence-corrected chi connectivity index (χ0v) is 9.24. The van der Waals surface area contributed by atoms with Crippen LogP contribution in [-0.2, 0) is 0 Å². The second kappa shape index (κ2) is 7.93. The molecule has 92 valence electrons. The average Bonchev–Trinajstić information content (AvgIpc) is 2.15. The first kappa shape index (κ1) is 14.7. The Morgan fingerprint density at radius 1 is 1.20 bits per heavy atom. The second-order valence-electron chi connectivity index (χ2n) is 3.78. The lowest BCUT2D eigenvalue weighted by Gasteiger charge is -2.17. The van der Waals surface area contributed by atoms with Crippen LogP contribution in [-0.4, -0.2) is 25.3 Å². The monoisotopic (exact) mass is 226 g/mol. The third kappa shape index (κ3) is 10.0. The highest BCUT2D eigenvalue weighted by Crippen LogP contribution is 2.13. The fourth-order valence-corrected chi connectivity index (χ4v) is 1.38. The lowest BCUT2D eigenvalue weighted by atomic mass is 10.1. The van der Waals surface area contributed by atoms with Crippen molar-refractivity contribution >= 4 is 0 Å². The van der Waals surface area contributed by atoms with Crippen molar-refractivity contribution < 1.29 is 13.2 Å². The fourth-order valence-electron chi connectivity index (χ4n) is 1.38. The van der Waals surface area contributed by atoms with E-state index in [-0.39, 0.29) is 12.6 Å². The van der Waals surface area contributed by atoms with Crippen LogP contribution in [0.25, 0.3) is 0 Å². The first-order chi connectivity index (χ1) is 6.99. The van der Waals surface area contributed by atoms with Crippen molar-refractivity contribution in [2.24, 2.45) is 5.73 Å². The largest absolute Gasteiger partial charge is 0.401 e. The zero-order chi connectivity index (χ0) is 11.7. The summed E-state index contributed by atoms with van der Waals surface area (Å²) in [5.74, 6) is 0. The topological polar surface area (TPSA) is 38.0 Å². The second-order valence-corrected chi connectivity index (χ2v) is 3.78. The molecule has 0 amide bonds. The summed E-state index contributed by atoms with van der Waals surface area (Å²) in [5.41, 5.74) is 5.39. The Morgan fingerprint density at radius 2 is 1.87 bits per heavy atom. The number of nitrogens with one attached hydrogen (secondary N) is 1. The molecule has 15 heavy (non-hydrogen) atoms. The molecule has 0 radical (unpaired) electrons. The molecule has 0 saturated heterocycles. The average molecular weight is 226 g/mol. The van der Waals surface area contributed by atoms with Gasteiger partial charge in [0.25, 0.3) is 0 Å². The SMILES string of the molecule is CCCCCCC(CN)NCC(F)(F)F. The van der Waals surface area contributed by atoms with Crippen LogP contribution in [0.5, 0.6) is 0 Å². The molecule has 0 aliphatic heterocycles. The number of hydrogen-bond acceptors (Lipinski definition) is 2. The van der Waals surface area contributed by atoms with Gasteiger partial charge in [0.1, 0.15) is 0 Å². The molecule has 3 N–H and O–H groups in total. The van der Waals surface area contributed by atoms with Gasteiger partial charge in [-0.05, 0) is 6.42 Å². The molecule has 1 unspecified atom stereocenters. The van der Waals surface area contributed by atoms with Gasteiger partial charge in [0, 0.05) is 12.6 Å². The van der Waals surface area contributed by atoms with Crippen molar-refractivity contribution in [2.75, 3.05) is 13.1 Å². The third-order valence-corrected chi connectivity index (χ3v) is 2.28. The van der Waals surface area contributed by atoms with Crippen molar-refractivity contribution in [2.45, 2.75) is 51.2 Å². The van der Waals surface area contributed by atoms with Gasteiger partial charge in [-0.1, -0.05) is 32.6 Å². The Kier molecular flexibility index (Phi) is 7.78. The molecule has 0 aromatic carbocycles. The minimum atomic E-state index is -4.14. The van der Waals surface area contributed by atoms with E-state index in [1.807, 2.05) is 0 Å². The Hall–Kier alpha value is -0.290. The van der Waals surface area contributed by atoms with Crippen LogP contribution in [0.3, 0.4) is 0 Å². The Balaban J connectivity index is 3.55. The summed E-state index contributed by atoms with van der Waals surface area (Å²) in [6.45, 7) is 1.42. The third-order valence-electron chi connectivity index (χ3n) is 2.28. The first-order valence-electron chi connectivity index (χ1n) is 5.49. The van der Waals surface area contributed by atoms with Gasteiger partial charge in [-0.25, -0.2) is 0 Å². The molecule has 1 atom stereocenters. The molecule has 0 aromatic heterocycles. The first-order valence-corrected chi connectivity index (χ1v) is 5.49. The Labute approximate surface area is 89.4 Å². The molecule has 0 fully saturated rings. The predicted octanol–water partition coefficient (Wildman–Crippen LogP) is 2.44. The maximum Gasteiger partial charge on any atom is 0.401 e. The normalized spacial score (nSPS) is 14.2. The van der Waals surface area contributed by atoms with Crippen LogP contribution < -0.4 is 11.1 Å². The summed E-state index contributed by atoms with van der Waals surface area (Å²) in [6, 6.07) is -0.205. The van der Waals surface area contributed by atoms with E-state index in [2.05, 4.69) is 12.2 Å². The molecule has 0 aliphatic carbocycles. The number of halogens is 3. The molecule has 0 spiro atoms. The van der Waals surface area contributed by atoms with Crippen molar-refractivity contribution in [3.63, 3.8) is 0 Å². The van der Waals surface area contributed by atoms with E-state index in [0.717, 1.165) is 32.1 Å². The maximum absolute atomic E-state index is 11.9. The number of nitrogens with two attached hydrogens (primary N) is 1. The lowest BCUT2D eigenvalue weighted by Crippen LogP contribution is -2.41. The molecule has 5 heteroatoms. The van der Waals surface area contributed by atoms with Crippen molar-refractivity contribution in [1.29, 1.82) is 0 Å². The Morgan fingerprint density at radius 3 is 2.33 bits per heavy atom. The summed E-state index contributed by atoms with van der Waals surface area (Å²) in [5, 5.41) is 2.44. The quantitative estimate of drug-likeness (QED) is 0.624. The minimum Gasteiger partial charge on any atom is -0.329 e. The smallest absolute Gasteiger partial charge is 0.329 e. The predicted molar refractivity (Wildman–Crippen MR) is 55.7 cm³/mol. The van der Waals surface area contributed by atoms with E-state index in [9.17, 15) is 13.2 Å². The van der Waals surface area contributed by atoms with Crippen LogP contribution in [0, 0.1) is 0 Å². The van der Waals surface area contributed by atoms with Crippen molar-refractivity contribution in [3.8, 4) is 0 Å². The van der Waals surface area contributed by atoms with E-state index in [0.29, 0.717) is 0 Å². The highest BCUT2D eigenvalue weighted by molar-refractivity contribution is 4.69. The van der Waals surface area contributed by atoms with E-state index < -0.39 is 12.7 Å². The van der Waals surface area contributed by atoms with Gasteiger partial charge in [0.15, 0.2) is 0 Å². The highest BCUT2D eigenvalue weighted by atomic mass is 19.4. The molecule has 0 saturated carbocycles. The standard InChI is InChI=1S/C10H21F3N2/c1-2-3-4-5-6-9(7-14)15-8-10(11,12)13/h9,15H,2-8,14H2,1H3. The number of rotatable bonds is 8. The lowest BCUT2D eigenvalue weighted by molar-refractivity contribution is -0.126. The van der Waals surface area contributed by atoms with Gasteiger partial charge >= 0.3 is 6.18 Å². The maximum atomic E-state index is 11.9.